The van der Waals surface area contributed by atoms with Gasteiger partial charge in [0.05, 0.1) is 0 Å². The van der Waals surface area contributed by atoms with Crippen molar-refractivity contribution in [2.45, 2.75) is 46.1 Å². The quantitative estimate of drug-likeness (QED) is 0.878. The normalized spacial score (nSPS) is 15.8. The molecule has 0 saturated carbocycles. The summed E-state index contributed by atoms with van der Waals surface area (Å²) in [5.74, 6) is 1.65. The van der Waals surface area contributed by atoms with E-state index >= 15 is 0 Å². The molecule has 1 aromatic heterocycles. The average Bonchev–Trinajstić information content (AvgIpc) is 2.26. The van der Waals surface area contributed by atoms with Crippen molar-refractivity contribution in [1.82, 2.24) is 14.9 Å². The van der Waals surface area contributed by atoms with Gasteiger partial charge >= 0.3 is 0 Å². The van der Waals surface area contributed by atoms with Crippen LogP contribution in [0.4, 0.5) is 5.82 Å². The molecular weight excluding hydrogens is 240 g/mol. The summed E-state index contributed by atoms with van der Waals surface area (Å²) in [6.45, 7) is 7.66. The second-order valence-electron chi connectivity index (χ2n) is 5.09. The van der Waals surface area contributed by atoms with Gasteiger partial charge in [0.15, 0.2) is 0 Å². The van der Waals surface area contributed by atoms with E-state index in [1.807, 2.05) is 24.8 Å². The van der Waals surface area contributed by atoms with Crippen LogP contribution in [0.2, 0.25) is 0 Å². The van der Waals surface area contributed by atoms with Gasteiger partial charge < -0.3 is 10.2 Å². The molecule has 0 aliphatic carbocycles. The Morgan fingerprint density at radius 1 is 1.47 bits per heavy atom. The van der Waals surface area contributed by atoms with Crippen LogP contribution in [0.15, 0.2) is 6.07 Å². The lowest BCUT2D eigenvalue weighted by Crippen LogP contribution is -2.48. The third-order valence-corrected chi connectivity index (χ3v) is 3.30. The highest BCUT2D eigenvalue weighted by Gasteiger charge is 2.25. The molecule has 104 valence electrons. The molecule has 1 aromatic rings. The molecule has 0 unspecified atom stereocenters. The van der Waals surface area contributed by atoms with E-state index in [2.05, 4.69) is 22.2 Å². The first kappa shape index (κ1) is 13.8. The molecule has 5 nitrogen and oxygen atoms in total. The van der Waals surface area contributed by atoms with Crippen LogP contribution in [-0.4, -0.2) is 39.9 Å². The summed E-state index contributed by atoms with van der Waals surface area (Å²) >= 11 is 0. The number of rotatable bonds is 5. The summed E-state index contributed by atoms with van der Waals surface area (Å²) in [4.78, 5) is 22.7. The summed E-state index contributed by atoms with van der Waals surface area (Å²) in [6.07, 6.45) is 3.11. The van der Waals surface area contributed by atoms with Gasteiger partial charge in [-0.2, -0.15) is 0 Å². The van der Waals surface area contributed by atoms with E-state index < -0.39 is 0 Å². The van der Waals surface area contributed by atoms with E-state index in [1.165, 1.54) is 0 Å². The highest BCUT2D eigenvalue weighted by Crippen LogP contribution is 2.13. The molecule has 1 amide bonds. The molecule has 0 spiro atoms. The Bertz CT molecular complexity index is 457. The van der Waals surface area contributed by atoms with Crippen LogP contribution in [0.3, 0.4) is 0 Å². The number of aryl methyl sites for hydroxylation is 2. The van der Waals surface area contributed by atoms with Gasteiger partial charge in [0.2, 0.25) is 5.91 Å². The van der Waals surface area contributed by atoms with E-state index in [0.29, 0.717) is 0 Å². The van der Waals surface area contributed by atoms with Crippen molar-refractivity contribution in [3.8, 4) is 0 Å². The molecule has 2 rings (SSSR count). The Balaban J connectivity index is 2.02. The first-order valence-electron chi connectivity index (χ1n) is 7.00. The van der Waals surface area contributed by atoms with Crippen LogP contribution in [0.1, 0.15) is 38.2 Å². The summed E-state index contributed by atoms with van der Waals surface area (Å²) in [5, 5.41) is 3.19. The first-order valence-corrected chi connectivity index (χ1v) is 7.00. The maximum absolute atomic E-state index is 12.0. The van der Waals surface area contributed by atoms with Crippen molar-refractivity contribution in [2.75, 3.05) is 18.4 Å². The van der Waals surface area contributed by atoms with Crippen molar-refractivity contribution < 1.29 is 4.79 Å². The Hall–Kier alpha value is -1.65. The second-order valence-corrected chi connectivity index (χ2v) is 5.09. The van der Waals surface area contributed by atoms with Crippen molar-refractivity contribution >= 4 is 11.7 Å². The minimum absolute atomic E-state index is 0.152. The standard InChI is InChI=1S/C14H22N4O/c1-4-6-12-9-13(17-11(3)16-12)15-10(2)14(19)18-7-5-8-18/h9-10H,4-8H2,1-3H3,(H,15,16,17)/t10-/m1/s1. The Morgan fingerprint density at radius 2 is 2.21 bits per heavy atom. The van der Waals surface area contributed by atoms with Crippen molar-refractivity contribution in [3.05, 3.63) is 17.6 Å². The number of carbonyl (C=O) groups is 1. The third-order valence-electron chi connectivity index (χ3n) is 3.30. The number of hydrogen-bond donors (Lipinski definition) is 1. The van der Waals surface area contributed by atoms with Gasteiger partial charge in [0.25, 0.3) is 0 Å². The van der Waals surface area contributed by atoms with E-state index in [-0.39, 0.29) is 11.9 Å². The fourth-order valence-electron chi connectivity index (χ4n) is 2.18. The van der Waals surface area contributed by atoms with Crippen LogP contribution < -0.4 is 5.32 Å². The lowest BCUT2D eigenvalue weighted by atomic mass is 10.1. The fraction of sp³-hybridized carbons (Fsp3) is 0.643. The average molecular weight is 262 g/mol. The van der Waals surface area contributed by atoms with Gasteiger partial charge in [-0.25, -0.2) is 9.97 Å². The SMILES string of the molecule is CCCc1cc(N[C@H](C)C(=O)N2CCC2)nc(C)n1. The zero-order valence-corrected chi connectivity index (χ0v) is 11.9. The summed E-state index contributed by atoms with van der Waals surface area (Å²) in [6, 6.07) is 1.71. The van der Waals surface area contributed by atoms with Crippen LogP contribution in [0.5, 0.6) is 0 Å². The molecule has 1 aliphatic heterocycles. The predicted octanol–water partition coefficient (Wildman–Crippen LogP) is 1.77. The van der Waals surface area contributed by atoms with Crippen molar-refractivity contribution in [2.24, 2.45) is 0 Å². The van der Waals surface area contributed by atoms with Gasteiger partial charge in [-0.3, -0.25) is 4.79 Å². The first-order chi connectivity index (χ1) is 9.10. The number of amides is 1. The van der Waals surface area contributed by atoms with Crippen LogP contribution in [0, 0.1) is 6.92 Å². The molecule has 1 N–H and O–H groups in total. The topological polar surface area (TPSA) is 58.1 Å². The zero-order chi connectivity index (χ0) is 13.8. The molecule has 19 heavy (non-hydrogen) atoms. The second kappa shape index (κ2) is 5.99. The fourth-order valence-corrected chi connectivity index (χ4v) is 2.18. The largest absolute Gasteiger partial charge is 0.359 e. The van der Waals surface area contributed by atoms with E-state index in [1.54, 1.807) is 0 Å². The molecule has 1 saturated heterocycles. The predicted molar refractivity (Wildman–Crippen MR) is 75.0 cm³/mol. The summed E-state index contributed by atoms with van der Waals surface area (Å²) in [7, 11) is 0. The van der Waals surface area contributed by atoms with Crippen molar-refractivity contribution in [3.63, 3.8) is 0 Å². The van der Waals surface area contributed by atoms with E-state index in [0.717, 1.165) is 49.7 Å². The van der Waals surface area contributed by atoms with Gasteiger partial charge in [-0.05, 0) is 26.7 Å². The molecule has 1 fully saturated rings. The highest BCUT2D eigenvalue weighted by molar-refractivity contribution is 5.84. The molecule has 1 aliphatic rings. The zero-order valence-electron chi connectivity index (χ0n) is 11.9. The summed E-state index contributed by atoms with van der Waals surface area (Å²) in [5.41, 5.74) is 1.03. The molecular formula is C14H22N4O. The smallest absolute Gasteiger partial charge is 0.244 e. The van der Waals surface area contributed by atoms with Gasteiger partial charge in [0, 0.05) is 24.8 Å². The molecule has 1 atom stereocenters. The molecule has 5 heteroatoms. The number of carbonyl (C=O) groups excluding carboxylic acids is 1. The number of nitrogens with one attached hydrogen (secondary N) is 1. The van der Waals surface area contributed by atoms with Crippen LogP contribution in [-0.2, 0) is 11.2 Å². The number of likely N-dealkylation sites (tertiary alicyclic amines) is 1. The maximum Gasteiger partial charge on any atom is 0.244 e. The Kier molecular flexibility index (Phi) is 4.35. The van der Waals surface area contributed by atoms with Gasteiger partial charge in [-0.1, -0.05) is 13.3 Å². The monoisotopic (exact) mass is 262 g/mol. The highest BCUT2D eigenvalue weighted by atomic mass is 16.2. The third kappa shape index (κ3) is 3.43. The Labute approximate surface area is 114 Å². The van der Waals surface area contributed by atoms with Gasteiger partial charge in [-0.15, -0.1) is 0 Å². The minimum Gasteiger partial charge on any atom is -0.359 e. The van der Waals surface area contributed by atoms with E-state index in [9.17, 15) is 4.79 Å². The Morgan fingerprint density at radius 3 is 2.79 bits per heavy atom. The maximum atomic E-state index is 12.0. The minimum atomic E-state index is -0.232. The van der Waals surface area contributed by atoms with E-state index in [4.69, 9.17) is 0 Å². The van der Waals surface area contributed by atoms with Crippen LogP contribution >= 0.6 is 0 Å². The lowest BCUT2D eigenvalue weighted by molar-refractivity contribution is -0.135. The van der Waals surface area contributed by atoms with Gasteiger partial charge in [0.1, 0.15) is 17.7 Å². The number of anilines is 1. The molecule has 2 heterocycles. The lowest BCUT2D eigenvalue weighted by Gasteiger charge is -2.33. The number of nitrogens with zero attached hydrogens (tertiary/aromatic N) is 3. The van der Waals surface area contributed by atoms with Crippen LogP contribution in [0.25, 0.3) is 0 Å². The van der Waals surface area contributed by atoms with Crippen molar-refractivity contribution in [1.29, 1.82) is 0 Å². The number of aromatic nitrogens is 2. The number of hydrogen-bond acceptors (Lipinski definition) is 4. The molecule has 0 bridgehead atoms. The molecule has 0 radical (unpaired) electrons. The summed E-state index contributed by atoms with van der Waals surface area (Å²) < 4.78 is 0. The molecule has 0 aromatic carbocycles.